The molecule has 2 heterocycles. The maximum atomic E-state index is 11.4. The van der Waals surface area contributed by atoms with E-state index in [1.807, 2.05) is 66.2 Å². The lowest BCUT2D eigenvalue weighted by atomic mass is 10.0. The van der Waals surface area contributed by atoms with Crippen molar-refractivity contribution in [1.82, 2.24) is 19.9 Å². The molecule has 158 valence electrons. The van der Waals surface area contributed by atoms with E-state index in [9.17, 15) is 4.79 Å². The zero-order valence-electron chi connectivity index (χ0n) is 17.5. The quantitative estimate of drug-likeness (QED) is 0.377. The fourth-order valence-corrected chi connectivity index (χ4v) is 3.35. The second kappa shape index (κ2) is 9.06. The molecular weight excluding hydrogens is 402 g/mol. The van der Waals surface area contributed by atoms with E-state index in [1.165, 1.54) is 12.4 Å². The molecule has 0 aliphatic carbocycles. The van der Waals surface area contributed by atoms with E-state index in [2.05, 4.69) is 33.7 Å². The van der Waals surface area contributed by atoms with Crippen LogP contribution in [0.5, 0.6) is 11.5 Å². The zero-order valence-corrected chi connectivity index (χ0v) is 17.5. The van der Waals surface area contributed by atoms with Crippen molar-refractivity contribution in [2.75, 3.05) is 12.3 Å². The highest BCUT2D eigenvalue weighted by Gasteiger charge is 2.19. The van der Waals surface area contributed by atoms with Gasteiger partial charge in [0, 0.05) is 12.6 Å². The number of ether oxygens (including phenoxy) is 1. The van der Waals surface area contributed by atoms with E-state index in [-0.39, 0.29) is 12.5 Å². The number of hydrogen-bond donors (Lipinski definition) is 2. The average Bonchev–Trinajstić information content (AvgIpc) is 3.10. The third-order valence-corrected chi connectivity index (χ3v) is 4.86. The molecule has 3 N–H and O–H groups in total. The van der Waals surface area contributed by atoms with Crippen LogP contribution in [-0.2, 0) is 11.8 Å². The predicted molar refractivity (Wildman–Crippen MR) is 125 cm³/mol. The number of nitrogens with two attached hydrogens (primary N) is 1. The number of carbonyl (C=O) groups excluding carboxylic acids is 1. The third-order valence-electron chi connectivity index (χ3n) is 4.86. The van der Waals surface area contributed by atoms with Crippen LogP contribution in [0.1, 0.15) is 5.69 Å². The Hall–Kier alpha value is -4.57. The molecule has 0 saturated heterocycles. The number of benzene rings is 2. The minimum Gasteiger partial charge on any atom is -0.457 e. The maximum absolute atomic E-state index is 11.4. The van der Waals surface area contributed by atoms with Gasteiger partial charge in [-0.3, -0.25) is 4.79 Å². The van der Waals surface area contributed by atoms with Crippen molar-refractivity contribution >= 4 is 22.8 Å². The van der Waals surface area contributed by atoms with E-state index in [1.54, 1.807) is 0 Å². The number of amides is 1. The summed E-state index contributed by atoms with van der Waals surface area (Å²) in [7, 11) is 1.87. The van der Waals surface area contributed by atoms with Gasteiger partial charge in [-0.1, -0.05) is 42.8 Å². The predicted octanol–water partition coefficient (Wildman–Crippen LogP) is 3.66. The first-order chi connectivity index (χ1) is 15.6. The van der Waals surface area contributed by atoms with Gasteiger partial charge in [-0.25, -0.2) is 9.97 Å². The Morgan fingerprint density at radius 2 is 1.88 bits per heavy atom. The van der Waals surface area contributed by atoms with Gasteiger partial charge < -0.3 is 20.4 Å². The van der Waals surface area contributed by atoms with E-state index < -0.39 is 0 Å². The molecule has 4 rings (SSSR count). The second-order valence-electron chi connectivity index (χ2n) is 6.90. The Bertz CT molecular complexity index is 1350. The SMILES string of the molecule is C=CC(=O)NCC#Cc1c(-c2ccc(Oc3ccccc3)cc2)c2c(N)ncnc2n1C. The molecule has 0 aliphatic rings. The smallest absolute Gasteiger partial charge is 0.244 e. The summed E-state index contributed by atoms with van der Waals surface area (Å²) in [5.74, 6) is 7.69. The lowest BCUT2D eigenvalue weighted by molar-refractivity contribution is -0.116. The van der Waals surface area contributed by atoms with E-state index in [0.717, 1.165) is 28.0 Å². The van der Waals surface area contributed by atoms with Crippen LogP contribution in [0, 0.1) is 11.8 Å². The van der Waals surface area contributed by atoms with Gasteiger partial charge in [0.05, 0.1) is 11.9 Å². The standard InChI is InChI=1S/C25H21N5O2/c1-3-21(31)27-15-7-10-20-22(23-24(26)28-16-29-25(23)30(20)2)17-11-13-19(14-12-17)32-18-8-5-4-6-9-18/h3-6,8-9,11-14,16H,1,15H2,2H3,(H,27,31)(H2,26,28,29). The molecule has 0 fully saturated rings. The summed E-state index contributed by atoms with van der Waals surface area (Å²) in [6.07, 6.45) is 2.64. The highest BCUT2D eigenvalue weighted by molar-refractivity contribution is 6.03. The number of anilines is 1. The minimum atomic E-state index is -0.277. The Labute approximate surface area is 185 Å². The van der Waals surface area contributed by atoms with Crippen LogP contribution in [0.15, 0.2) is 73.6 Å². The van der Waals surface area contributed by atoms with Crippen LogP contribution in [0.25, 0.3) is 22.2 Å². The molecule has 0 spiro atoms. The Balaban J connectivity index is 1.74. The van der Waals surface area contributed by atoms with Gasteiger partial charge in [0.2, 0.25) is 5.91 Å². The van der Waals surface area contributed by atoms with Crippen LogP contribution in [0.3, 0.4) is 0 Å². The summed E-state index contributed by atoms with van der Waals surface area (Å²) in [4.78, 5) is 19.9. The number of aromatic nitrogens is 3. The highest BCUT2D eigenvalue weighted by Crippen LogP contribution is 2.36. The minimum absolute atomic E-state index is 0.191. The lowest BCUT2D eigenvalue weighted by Crippen LogP contribution is -2.20. The first-order valence-electron chi connectivity index (χ1n) is 9.90. The molecule has 0 saturated carbocycles. The Kier molecular flexibility index (Phi) is 5.86. The Morgan fingerprint density at radius 3 is 2.59 bits per heavy atom. The van der Waals surface area contributed by atoms with Crippen LogP contribution >= 0.6 is 0 Å². The number of nitrogens with zero attached hydrogens (tertiary/aromatic N) is 3. The molecule has 4 aromatic rings. The van der Waals surface area contributed by atoms with E-state index in [0.29, 0.717) is 17.2 Å². The zero-order chi connectivity index (χ0) is 22.5. The van der Waals surface area contributed by atoms with Crippen molar-refractivity contribution in [2.24, 2.45) is 7.05 Å². The molecular formula is C25H21N5O2. The van der Waals surface area contributed by atoms with Crippen LogP contribution < -0.4 is 15.8 Å². The lowest BCUT2D eigenvalue weighted by Gasteiger charge is -2.07. The normalized spacial score (nSPS) is 10.3. The fourth-order valence-electron chi connectivity index (χ4n) is 3.35. The molecule has 0 aliphatic heterocycles. The van der Waals surface area contributed by atoms with Crippen molar-refractivity contribution in [3.8, 4) is 34.5 Å². The molecule has 0 radical (unpaired) electrons. The van der Waals surface area contributed by atoms with Gasteiger partial charge in [0.25, 0.3) is 0 Å². The van der Waals surface area contributed by atoms with Gasteiger partial charge >= 0.3 is 0 Å². The summed E-state index contributed by atoms with van der Waals surface area (Å²) in [5, 5.41) is 3.38. The second-order valence-corrected chi connectivity index (χ2v) is 6.90. The van der Waals surface area contributed by atoms with Crippen molar-refractivity contribution in [1.29, 1.82) is 0 Å². The van der Waals surface area contributed by atoms with Gasteiger partial charge in [-0.2, -0.15) is 0 Å². The summed E-state index contributed by atoms with van der Waals surface area (Å²) in [6.45, 7) is 3.62. The molecule has 2 aromatic carbocycles. The first-order valence-corrected chi connectivity index (χ1v) is 9.90. The third kappa shape index (κ3) is 4.16. The number of hydrogen-bond acceptors (Lipinski definition) is 5. The van der Waals surface area contributed by atoms with Gasteiger partial charge in [-0.15, -0.1) is 0 Å². The first kappa shape index (κ1) is 20.7. The number of para-hydroxylation sites is 1. The van der Waals surface area contributed by atoms with Crippen LogP contribution in [0.4, 0.5) is 5.82 Å². The topological polar surface area (TPSA) is 95.1 Å². The summed E-state index contributed by atoms with van der Waals surface area (Å²) < 4.78 is 7.77. The fraction of sp³-hybridized carbons (Fsp3) is 0.0800. The van der Waals surface area contributed by atoms with Crippen molar-refractivity contribution in [3.05, 3.63) is 79.3 Å². The van der Waals surface area contributed by atoms with Gasteiger partial charge in [0.15, 0.2) is 0 Å². The summed E-state index contributed by atoms with van der Waals surface area (Å²) >= 11 is 0. The monoisotopic (exact) mass is 423 g/mol. The van der Waals surface area contributed by atoms with Crippen molar-refractivity contribution in [3.63, 3.8) is 0 Å². The molecule has 1 amide bonds. The average molecular weight is 423 g/mol. The van der Waals surface area contributed by atoms with Crippen molar-refractivity contribution in [2.45, 2.75) is 0 Å². The highest BCUT2D eigenvalue weighted by atomic mass is 16.5. The molecule has 0 bridgehead atoms. The van der Waals surface area contributed by atoms with E-state index in [4.69, 9.17) is 10.5 Å². The van der Waals surface area contributed by atoms with Crippen molar-refractivity contribution < 1.29 is 9.53 Å². The molecule has 7 nitrogen and oxygen atoms in total. The van der Waals surface area contributed by atoms with Gasteiger partial charge in [-0.05, 0) is 41.8 Å². The largest absolute Gasteiger partial charge is 0.457 e. The summed E-state index contributed by atoms with van der Waals surface area (Å²) in [5.41, 5.74) is 9.34. The van der Waals surface area contributed by atoms with Gasteiger partial charge in [0.1, 0.15) is 35.0 Å². The Morgan fingerprint density at radius 1 is 1.16 bits per heavy atom. The number of fused-ring (bicyclic) bond motifs is 1. The van der Waals surface area contributed by atoms with Crippen LogP contribution in [0.2, 0.25) is 0 Å². The maximum Gasteiger partial charge on any atom is 0.244 e. The van der Waals surface area contributed by atoms with Crippen LogP contribution in [-0.4, -0.2) is 27.0 Å². The van der Waals surface area contributed by atoms with E-state index >= 15 is 0 Å². The molecule has 32 heavy (non-hydrogen) atoms. The molecule has 2 aromatic heterocycles. The number of aryl methyl sites for hydroxylation is 1. The molecule has 7 heteroatoms. The molecule has 0 atom stereocenters. The number of rotatable bonds is 5. The number of nitrogen functional groups attached to an aromatic ring is 1. The number of nitrogens with one attached hydrogen (secondary N) is 1. The summed E-state index contributed by atoms with van der Waals surface area (Å²) in [6, 6.07) is 17.3. The molecule has 0 unspecified atom stereocenters. The number of carbonyl (C=O) groups is 1.